The molecular formula is C15H23N3O2. The van der Waals surface area contributed by atoms with Crippen LogP contribution in [0.2, 0.25) is 0 Å². The van der Waals surface area contributed by atoms with Crippen molar-refractivity contribution in [1.82, 2.24) is 10.3 Å². The fourth-order valence-corrected chi connectivity index (χ4v) is 2.58. The number of nitrogens with one attached hydrogen (secondary N) is 1. The Morgan fingerprint density at radius 2 is 2.25 bits per heavy atom. The molecule has 0 aromatic carbocycles. The van der Waals surface area contributed by atoms with Crippen molar-refractivity contribution in [1.29, 1.82) is 0 Å². The fourth-order valence-electron chi connectivity index (χ4n) is 2.58. The van der Waals surface area contributed by atoms with E-state index in [9.17, 15) is 4.79 Å². The normalized spacial score (nSPS) is 17.9. The number of pyridine rings is 1. The van der Waals surface area contributed by atoms with Crippen molar-refractivity contribution in [3.8, 4) is 0 Å². The van der Waals surface area contributed by atoms with E-state index in [0.717, 1.165) is 37.3 Å². The van der Waals surface area contributed by atoms with Gasteiger partial charge in [0.1, 0.15) is 0 Å². The predicted molar refractivity (Wildman–Crippen MR) is 77.0 cm³/mol. The molecule has 5 nitrogen and oxygen atoms in total. The van der Waals surface area contributed by atoms with E-state index in [1.54, 1.807) is 0 Å². The van der Waals surface area contributed by atoms with E-state index in [1.807, 2.05) is 25.3 Å². The van der Waals surface area contributed by atoms with Crippen LogP contribution in [-0.4, -0.2) is 30.1 Å². The van der Waals surface area contributed by atoms with Gasteiger partial charge in [0.25, 0.3) is 0 Å². The van der Waals surface area contributed by atoms with Crippen molar-refractivity contribution < 1.29 is 9.53 Å². The number of nitrogens with zero attached hydrogens (tertiary/aromatic N) is 1. The molecule has 1 aliphatic heterocycles. The highest BCUT2D eigenvalue weighted by Crippen LogP contribution is 2.21. The smallest absolute Gasteiger partial charge is 0.218 e. The van der Waals surface area contributed by atoms with Crippen LogP contribution in [0.15, 0.2) is 18.3 Å². The molecule has 0 bridgehead atoms. The molecule has 1 saturated heterocycles. The van der Waals surface area contributed by atoms with E-state index >= 15 is 0 Å². The Balaban J connectivity index is 1.92. The molecular weight excluding hydrogens is 254 g/mol. The third kappa shape index (κ3) is 4.58. The molecule has 1 aliphatic rings. The number of aromatic nitrogens is 1. The quantitative estimate of drug-likeness (QED) is 0.817. The molecule has 1 fully saturated rings. The topological polar surface area (TPSA) is 77.2 Å². The van der Waals surface area contributed by atoms with Gasteiger partial charge in [0.05, 0.1) is 5.69 Å². The Morgan fingerprint density at radius 3 is 2.85 bits per heavy atom. The van der Waals surface area contributed by atoms with E-state index in [-0.39, 0.29) is 11.9 Å². The minimum absolute atomic E-state index is 0.111. The van der Waals surface area contributed by atoms with Gasteiger partial charge in [-0.2, -0.15) is 0 Å². The summed E-state index contributed by atoms with van der Waals surface area (Å²) in [4.78, 5) is 15.6. The molecule has 2 heterocycles. The molecule has 1 aromatic rings. The number of aryl methyl sites for hydroxylation is 1. The van der Waals surface area contributed by atoms with Gasteiger partial charge in [-0.25, -0.2) is 0 Å². The number of hydrogen-bond donors (Lipinski definition) is 2. The number of carbonyl (C=O) groups is 1. The summed E-state index contributed by atoms with van der Waals surface area (Å²) in [6.07, 6.45) is 4.18. The Hall–Kier alpha value is -1.46. The van der Waals surface area contributed by atoms with E-state index in [4.69, 9.17) is 10.5 Å². The average Bonchev–Trinajstić information content (AvgIpc) is 2.46. The molecule has 110 valence electrons. The summed E-state index contributed by atoms with van der Waals surface area (Å²) in [5, 5.41) is 3.44. The van der Waals surface area contributed by atoms with Crippen molar-refractivity contribution in [3.05, 3.63) is 29.6 Å². The molecule has 2 rings (SSSR count). The standard InChI is InChI=1S/C15H23N3O2/c1-11-2-3-13(17-9-11)10-18-14(8-15(16)19)12-4-6-20-7-5-12/h2-3,9,12,14,18H,4-8,10H2,1H3,(H2,16,19)/t14-/m1/s1. The van der Waals surface area contributed by atoms with Crippen molar-refractivity contribution in [2.75, 3.05) is 13.2 Å². The maximum absolute atomic E-state index is 11.2. The van der Waals surface area contributed by atoms with Crippen LogP contribution in [-0.2, 0) is 16.1 Å². The van der Waals surface area contributed by atoms with Crippen LogP contribution in [0, 0.1) is 12.8 Å². The molecule has 1 amide bonds. The zero-order chi connectivity index (χ0) is 14.4. The van der Waals surface area contributed by atoms with Crippen LogP contribution in [0.5, 0.6) is 0 Å². The van der Waals surface area contributed by atoms with Crippen molar-refractivity contribution in [2.24, 2.45) is 11.7 Å². The number of ether oxygens (including phenoxy) is 1. The highest BCUT2D eigenvalue weighted by atomic mass is 16.5. The summed E-state index contributed by atoms with van der Waals surface area (Å²) in [5.74, 6) is 0.188. The first-order valence-corrected chi connectivity index (χ1v) is 7.16. The monoisotopic (exact) mass is 277 g/mol. The minimum Gasteiger partial charge on any atom is -0.381 e. The third-order valence-electron chi connectivity index (χ3n) is 3.77. The van der Waals surface area contributed by atoms with Gasteiger partial charge < -0.3 is 15.8 Å². The van der Waals surface area contributed by atoms with Gasteiger partial charge in [0.2, 0.25) is 5.91 Å². The minimum atomic E-state index is -0.258. The summed E-state index contributed by atoms with van der Waals surface area (Å²) in [7, 11) is 0. The van der Waals surface area contributed by atoms with E-state index in [1.165, 1.54) is 0 Å². The predicted octanol–water partition coefficient (Wildman–Crippen LogP) is 1.15. The largest absolute Gasteiger partial charge is 0.381 e. The lowest BCUT2D eigenvalue weighted by atomic mass is 9.89. The Kier molecular flexibility index (Phi) is 5.49. The summed E-state index contributed by atoms with van der Waals surface area (Å²) in [6.45, 7) is 4.21. The molecule has 3 N–H and O–H groups in total. The lowest BCUT2D eigenvalue weighted by Gasteiger charge is -2.30. The molecule has 0 aliphatic carbocycles. The zero-order valence-corrected chi connectivity index (χ0v) is 12.0. The number of amides is 1. The summed E-state index contributed by atoms with van der Waals surface area (Å²) in [6, 6.07) is 4.16. The molecule has 1 atom stereocenters. The lowest BCUT2D eigenvalue weighted by molar-refractivity contribution is -0.119. The van der Waals surface area contributed by atoms with E-state index < -0.39 is 0 Å². The molecule has 0 radical (unpaired) electrons. The van der Waals surface area contributed by atoms with Gasteiger partial charge in [0, 0.05) is 38.4 Å². The SMILES string of the molecule is Cc1ccc(CN[C@H](CC(N)=O)C2CCOCC2)nc1. The van der Waals surface area contributed by atoms with Gasteiger partial charge in [0.15, 0.2) is 0 Å². The van der Waals surface area contributed by atoms with Gasteiger partial charge in [-0.1, -0.05) is 6.07 Å². The molecule has 20 heavy (non-hydrogen) atoms. The number of carbonyl (C=O) groups excluding carboxylic acids is 1. The fraction of sp³-hybridized carbons (Fsp3) is 0.600. The third-order valence-corrected chi connectivity index (χ3v) is 3.77. The van der Waals surface area contributed by atoms with Crippen LogP contribution >= 0.6 is 0 Å². The average molecular weight is 277 g/mol. The first kappa shape index (κ1) is 14.9. The van der Waals surface area contributed by atoms with Crippen LogP contribution in [0.1, 0.15) is 30.5 Å². The second kappa shape index (κ2) is 7.36. The van der Waals surface area contributed by atoms with Crippen LogP contribution in [0.25, 0.3) is 0 Å². The van der Waals surface area contributed by atoms with E-state index in [2.05, 4.69) is 10.3 Å². The summed E-state index contributed by atoms with van der Waals surface area (Å²) < 4.78 is 5.37. The maximum Gasteiger partial charge on any atom is 0.218 e. The summed E-state index contributed by atoms with van der Waals surface area (Å²) in [5.41, 5.74) is 7.49. The zero-order valence-electron chi connectivity index (χ0n) is 12.0. The van der Waals surface area contributed by atoms with Crippen molar-refractivity contribution >= 4 is 5.91 Å². The van der Waals surface area contributed by atoms with Crippen molar-refractivity contribution in [2.45, 2.75) is 38.8 Å². The first-order chi connectivity index (χ1) is 9.65. The van der Waals surface area contributed by atoms with E-state index in [0.29, 0.717) is 18.9 Å². The van der Waals surface area contributed by atoms with Crippen molar-refractivity contribution in [3.63, 3.8) is 0 Å². The van der Waals surface area contributed by atoms with Crippen LogP contribution in [0.3, 0.4) is 0 Å². The number of primary amides is 1. The molecule has 0 saturated carbocycles. The number of rotatable bonds is 6. The van der Waals surface area contributed by atoms with Gasteiger partial charge >= 0.3 is 0 Å². The van der Waals surface area contributed by atoms with Gasteiger partial charge in [-0.3, -0.25) is 9.78 Å². The second-order valence-corrected chi connectivity index (χ2v) is 5.43. The molecule has 0 unspecified atom stereocenters. The molecule has 5 heteroatoms. The Morgan fingerprint density at radius 1 is 1.50 bits per heavy atom. The van der Waals surface area contributed by atoms with Gasteiger partial charge in [-0.15, -0.1) is 0 Å². The first-order valence-electron chi connectivity index (χ1n) is 7.16. The Bertz CT molecular complexity index is 427. The number of hydrogen-bond acceptors (Lipinski definition) is 4. The number of nitrogens with two attached hydrogens (primary N) is 1. The lowest BCUT2D eigenvalue weighted by Crippen LogP contribution is -2.41. The highest BCUT2D eigenvalue weighted by molar-refractivity contribution is 5.74. The summed E-state index contributed by atoms with van der Waals surface area (Å²) >= 11 is 0. The van der Waals surface area contributed by atoms with Crippen LogP contribution in [0.4, 0.5) is 0 Å². The molecule has 0 spiro atoms. The van der Waals surface area contributed by atoms with Crippen LogP contribution < -0.4 is 11.1 Å². The van der Waals surface area contributed by atoms with Gasteiger partial charge in [-0.05, 0) is 37.3 Å². The second-order valence-electron chi connectivity index (χ2n) is 5.43. The molecule has 1 aromatic heterocycles. The Labute approximate surface area is 119 Å². The highest BCUT2D eigenvalue weighted by Gasteiger charge is 2.25. The maximum atomic E-state index is 11.2.